The van der Waals surface area contributed by atoms with Crippen LogP contribution in [0.25, 0.3) is 0 Å². The molecule has 0 aromatic carbocycles. The fourth-order valence-corrected chi connectivity index (χ4v) is 4.66. The Morgan fingerprint density at radius 3 is 2.70 bits per heavy atom. The molecule has 2 bridgehead atoms. The molecule has 0 radical (unpaired) electrons. The largest absolute Gasteiger partial charge is 0.396 e. The molecule has 2 fully saturated rings. The summed E-state index contributed by atoms with van der Waals surface area (Å²) in [7, 11) is 0. The standard InChI is InChI=1S/C19H33NO3/c1-19(2)16-4-3-15(18(19)9-16)12-23-13-17(22)10-20-7-5-14(11-21)6-8-20/h3,14,16-18,21-22H,4-13H2,1-2H3. The van der Waals surface area contributed by atoms with Crippen LogP contribution < -0.4 is 0 Å². The molecule has 0 aromatic rings. The second-order valence-electron chi connectivity index (χ2n) is 8.42. The first-order chi connectivity index (χ1) is 11.0. The number of hydrogen-bond donors (Lipinski definition) is 2. The van der Waals surface area contributed by atoms with Crippen molar-refractivity contribution in [2.75, 3.05) is 39.5 Å². The number of aliphatic hydroxyl groups excluding tert-OH is 2. The van der Waals surface area contributed by atoms with Crippen molar-refractivity contribution in [2.45, 2.75) is 45.6 Å². The van der Waals surface area contributed by atoms with E-state index in [-0.39, 0.29) is 0 Å². The van der Waals surface area contributed by atoms with E-state index in [1.165, 1.54) is 18.4 Å². The van der Waals surface area contributed by atoms with Crippen LogP contribution in [0.3, 0.4) is 0 Å². The number of allylic oxidation sites excluding steroid dienone is 1. The van der Waals surface area contributed by atoms with Crippen LogP contribution in [0.2, 0.25) is 0 Å². The second kappa shape index (κ2) is 7.22. The maximum Gasteiger partial charge on any atom is 0.0900 e. The molecule has 1 saturated carbocycles. The number of likely N-dealkylation sites (tertiary alicyclic amines) is 1. The highest BCUT2D eigenvalue weighted by Gasteiger charge is 2.50. The lowest BCUT2D eigenvalue weighted by Crippen LogP contribution is -2.48. The Kier molecular flexibility index (Phi) is 5.46. The quantitative estimate of drug-likeness (QED) is 0.704. The predicted molar refractivity (Wildman–Crippen MR) is 91.2 cm³/mol. The van der Waals surface area contributed by atoms with Crippen molar-refractivity contribution in [1.29, 1.82) is 0 Å². The zero-order valence-electron chi connectivity index (χ0n) is 14.7. The molecule has 4 rings (SSSR count). The van der Waals surface area contributed by atoms with Gasteiger partial charge >= 0.3 is 0 Å². The highest BCUT2D eigenvalue weighted by Crippen LogP contribution is 2.59. The van der Waals surface area contributed by atoms with Crippen molar-refractivity contribution in [3.05, 3.63) is 11.6 Å². The van der Waals surface area contributed by atoms with Gasteiger partial charge in [0.1, 0.15) is 0 Å². The second-order valence-corrected chi connectivity index (χ2v) is 8.42. The minimum Gasteiger partial charge on any atom is -0.396 e. The van der Waals surface area contributed by atoms with Crippen LogP contribution in [0.5, 0.6) is 0 Å². The Morgan fingerprint density at radius 1 is 1.35 bits per heavy atom. The Bertz CT molecular complexity index is 426. The van der Waals surface area contributed by atoms with Gasteiger partial charge in [0.25, 0.3) is 0 Å². The summed E-state index contributed by atoms with van der Waals surface area (Å²) in [5, 5.41) is 19.4. The van der Waals surface area contributed by atoms with Gasteiger partial charge in [-0.25, -0.2) is 0 Å². The Hall–Kier alpha value is -0.420. The summed E-state index contributed by atoms with van der Waals surface area (Å²) < 4.78 is 5.82. The molecule has 0 spiro atoms. The minimum absolute atomic E-state index is 0.299. The van der Waals surface area contributed by atoms with Crippen molar-refractivity contribution in [3.63, 3.8) is 0 Å². The van der Waals surface area contributed by atoms with Crippen molar-refractivity contribution in [1.82, 2.24) is 4.90 Å². The molecule has 0 amide bonds. The van der Waals surface area contributed by atoms with E-state index in [1.807, 2.05) is 0 Å². The van der Waals surface area contributed by atoms with Crippen LogP contribution in [-0.2, 0) is 4.74 Å². The molecular formula is C19H33NO3. The number of nitrogens with zero attached hydrogens (tertiary/aromatic N) is 1. The summed E-state index contributed by atoms with van der Waals surface area (Å²) in [4.78, 5) is 2.29. The van der Waals surface area contributed by atoms with E-state index in [1.54, 1.807) is 0 Å². The summed E-state index contributed by atoms with van der Waals surface area (Å²) in [6, 6.07) is 0. The molecule has 132 valence electrons. The molecule has 3 atom stereocenters. The van der Waals surface area contributed by atoms with Crippen molar-refractivity contribution < 1.29 is 14.9 Å². The predicted octanol–water partition coefficient (Wildman–Crippen LogP) is 2.06. The SMILES string of the molecule is CC1(C)C2CC=C(COCC(O)CN3CCC(CO)CC3)C1C2. The van der Waals surface area contributed by atoms with Crippen LogP contribution in [0.4, 0.5) is 0 Å². The monoisotopic (exact) mass is 323 g/mol. The average Bonchev–Trinajstić information content (AvgIpc) is 2.55. The van der Waals surface area contributed by atoms with Gasteiger partial charge in [-0.3, -0.25) is 0 Å². The van der Waals surface area contributed by atoms with Crippen molar-refractivity contribution in [3.8, 4) is 0 Å². The summed E-state index contributed by atoms with van der Waals surface area (Å²) in [6.45, 7) is 8.81. The third kappa shape index (κ3) is 3.81. The van der Waals surface area contributed by atoms with Crippen molar-refractivity contribution >= 4 is 0 Å². The molecule has 4 heteroatoms. The molecule has 1 heterocycles. The highest BCUT2D eigenvalue weighted by molar-refractivity contribution is 5.23. The lowest BCUT2D eigenvalue weighted by atomic mass is 9.49. The molecule has 2 N–H and O–H groups in total. The van der Waals surface area contributed by atoms with Gasteiger partial charge in [-0.2, -0.15) is 0 Å². The summed E-state index contributed by atoms with van der Waals surface area (Å²) in [5.74, 6) is 2.01. The highest BCUT2D eigenvalue weighted by atomic mass is 16.5. The van der Waals surface area contributed by atoms with Crippen LogP contribution in [-0.4, -0.2) is 60.7 Å². The molecule has 4 aliphatic rings. The number of β-amino-alcohol motifs (C(OH)–C–C–N with tert-alkyl or cyclic N) is 1. The van der Waals surface area contributed by atoms with Crippen molar-refractivity contribution in [2.24, 2.45) is 23.2 Å². The van der Waals surface area contributed by atoms with E-state index >= 15 is 0 Å². The summed E-state index contributed by atoms with van der Waals surface area (Å²) in [5.41, 5.74) is 1.90. The zero-order chi connectivity index (χ0) is 16.4. The van der Waals surface area contributed by atoms with E-state index in [0.717, 1.165) is 31.8 Å². The van der Waals surface area contributed by atoms with E-state index < -0.39 is 6.10 Å². The Balaban J connectivity index is 1.34. The van der Waals surface area contributed by atoms with Gasteiger partial charge in [-0.05, 0) is 67.5 Å². The van der Waals surface area contributed by atoms with Gasteiger partial charge in [0, 0.05) is 13.2 Å². The average molecular weight is 323 g/mol. The van der Waals surface area contributed by atoms with Gasteiger partial charge in [0.05, 0.1) is 19.3 Å². The topological polar surface area (TPSA) is 52.9 Å². The number of ether oxygens (including phenoxy) is 1. The van der Waals surface area contributed by atoms with Gasteiger partial charge in [-0.1, -0.05) is 19.9 Å². The maximum absolute atomic E-state index is 10.2. The molecular weight excluding hydrogens is 290 g/mol. The lowest BCUT2D eigenvalue weighted by molar-refractivity contribution is -0.0272. The fraction of sp³-hybridized carbons (Fsp3) is 0.895. The van der Waals surface area contributed by atoms with E-state index in [9.17, 15) is 5.11 Å². The van der Waals surface area contributed by atoms with Crippen LogP contribution in [0.1, 0.15) is 39.5 Å². The molecule has 4 nitrogen and oxygen atoms in total. The van der Waals surface area contributed by atoms with Crippen LogP contribution in [0, 0.1) is 23.2 Å². The van der Waals surface area contributed by atoms with Crippen LogP contribution in [0.15, 0.2) is 11.6 Å². The third-order valence-corrected chi connectivity index (χ3v) is 6.60. The smallest absolute Gasteiger partial charge is 0.0900 e. The normalized spacial score (nSPS) is 32.3. The number of aliphatic hydroxyl groups is 2. The summed E-state index contributed by atoms with van der Waals surface area (Å²) in [6.07, 6.45) is 6.56. The number of hydrogen-bond acceptors (Lipinski definition) is 4. The van der Waals surface area contributed by atoms with E-state index in [0.29, 0.717) is 43.6 Å². The first kappa shape index (κ1) is 17.4. The van der Waals surface area contributed by atoms with Gasteiger partial charge < -0.3 is 19.8 Å². The van der Waals surface area contributed by atoms with E-state index in [2.05, 4.69) is 24.8 Å². The van der Waals surface area contributed by atoms with E-state index in [4.69, 9.17) is 9.84 Å². The van der Waals surface area contributed by atoms with Gasteiger partial charge in [0.15, 0.2) is 0 Å². The summed E-state index contributed by atoms with van der Waals surface area (Å²) >= 11 is 0. The number of piperidine rings is 1. The molecule has 1 aliphatic heterocycles. The van der Waals surface area contributed by atoms with Crippen LogP contribution >= 0.6 is 0 Å². The first-order valence-electron chi connectivity index (χ1n) is 9.28. The molecule has 3 aliphatic carbocycles. The molecule has 3 unspecified atom stereocenters. The lowest BCUT2D eigenvalue weighted by Gasteiger charge is -2.56. The molecule has 0 aromatic heterocycles. The third-order valence-electron chi connectivity index (χ3n) is 6.60. The number of fused-ring (bicyclic) bond motifs is 1. The first-order valence-corrected chi connectivity index (χ1v) is 9.28. The molecule has 1 saturated heterocycles. The Morgan fingerprint density at radius 2 is 2.09 bits per heavy atom. The Labute approximate surface area is 140 Å². The van der Waals surface area contributed by atoms with Gasteiger partial charge in [-0.15, -0.1) is 0 Å². The number of rotatable bonds is 7. The fourth-order valence-electron chi connectivity index (χ4n) is 4.66. The zero-order valence-corrected chi connectivity index (χ0v) is 14.7. The molecule has 23 heavy (non-hydrogen) atoms. The van der Waals surface area contributed by atoms with Gasteiger partial charge in [0.2, 0.25) is 0 Å². The minimum atomic E-state index is -0.410. The maximum atomic E-state index is 10.2.